The topological polar surface area (TPSA) is 75.4 Å². The van der Waals surface area contributed by atoms with Gasteiger partial charge in [0.05, 0.1) is 0 Å². The van der Waals surface area contributed by atoms with E-state index in [1.54, 1.807) is 25.1 Å². The summed E-state index contributed by atoms with van der Waals surface area (Å²) in [6.07, 6.45) is 2.10. The second-order valence-corrected chi connectivity index (χ2v) is 7.41. The van der Waals surface area contributed by atoms with Crippen molar-refractivity contribution in [1.82, 2.24) is 10.1 Å². The third kappa shape index (κ3) is 3.86. The van der Waals surface area contributed by atoms with Crippen molar-refractivity contribution in [2.75, 3.05) is 18.4 Å². The molecule has 0 bridgehead atoms. The van der Waals surface area contributed by atoms with Gasteiger partial charge in [-0.3, -0.25) is 9.59 Å². The van der Waals surface area contributed by atoms with Gasteiger partial charge in [-0.15, -0.1) is 0 Å². The van der Waals surface area contributed by atoms with Crippen molar-refractivity contribution in [3.63, 3.8) is 0 Å². The molecule has 1 aliphatic carbocycles. The Labute approximate surface area is 156 Å². The van der Waals surface area contributed by atoms with Crippen LogP contribution in [0.15, 0.2) is 34.9 Å². The van der Waals surface area contributed by atoms with Crippen molar-refractivity contribution >= 4 is 17.6 Å². The number of piperidine rings is 1. The highest BCUT2D eigenvalue weighted by atomic mass is 19.1. The van der Waals surface area contributed by atoms with Crippen LogP contribution in [0.4, 0.5) is 10.2 Å². The molecule has 2 amide bonds. The molecule has 0 spiro atoms. The van der Waals surface area contributed by atoms with Crippen molar-refractivity contribution in [1.29, 1.82) is 0 Å². The zero-order chi connectivity index (χ0) is 19.0. The van der Waals surface area contributed by atoms with Gasteiger partial charge >= 0.3 is 0 Å². The molecule has 2 aromatic rings. The van der Waals surface area contributed by atoms with E-state index in [2.05, 4.69) is 10.5 Å². The fourth-order valence-electron chi connectivity index (χ4n) is 3.80. The fraction of sp³-hybridized carbons (Fsp3) is 0.450. The van der Waals surface area contributed by atoms with E-state index in [1.165, 1.54) is 12.1 Å². The lowest BCUT2D eigenvalue weighted by molar-refractivity contribution is -0.135. The zero-order valence-electron chi connectivity index (χ0n) is 15.2. The molecule has 2 aliphatic rings. The van der Waals surface area contributed by atoms with E-state index >= 15 is 0 Å². The molecule has 0 radical (unpaired) electrons. The summed E-state index contributed by atoms with van der Waals surface area (Å²) in [5, 5.41) is 6.54. The first-order valence-electron chi connectivity index (χ1n) is 9.29. The van der Waals surface area contributed by atoms with E-state index < -0.39 is 0 Å². The number of halogens is 1. The van der Waals surface area contributed by atoms with Crippen molar-refractivity contribution in [2.24, 2.45) is 11.8 Å². The summed E-state index contributed by atoms with van der Waals surface area (Å²) in [6.45, 7) is 2.94. The molecule has 2 heterocycles. The number of rotatable bonds is 4. The van der Waals surface area contributed by atoms with Gasteiger partial charge in [-0.2, -0.15) is 0 Å². The highest BCUT2D eigenvalue weighted by molar-refractivity contribution is 5.92. The van der Waals surface area contributed by atoms with Crippen LogP contribution in [0.25, 0.3) is 0 Å². The summed E-state index contributed by atoms with van der Waals surface area (Å²) in [7, 11) is 0. The van der Waals surface area contributed by atoms with Crippen LogP contribution in [0.1, 0.15) is 36.5 Å². The van der Waals surface area contributed by atoms with Crippen LogP contribution in [0.3, 0.4) is 0 Å². The minimum absolute atomic E-state index is 0.0149. The van der Waals surface area contributed by atoms with E-state index in [0.29, 0.717) is 37.5 Å². The third-order valence-electron chi connectivity index (χ3n) is 5.46. The van der Waals surface area contributed by atoms with Gasteiger partial charge in [-0.05, 0) is 49.8 Å². The van der Waals surface area contributed by atoms with Crippen molar-refractivity contribution < 1.29 is 18.5 Å². The van der Waals surface area contributed by atoms with Crippen LogP contribution in [0, 0.1) is 24.6 Å². The minimum atomic E-state index is -0.261. The van der Waals surface area contributed by atoms with Crippen molar-refractivity contribution in [3.05, 3.63) is 47.5 Å². The summed E-state index contributed by atoms with van der Waals surface area (Å²) in [5.41, 5.74) is 1.02. The minimum Gasteiger partial charge on any atom is -0.360 e. The number of amides is 2. The summed E-state index contributed by atoms with van der Waals surface area (Å²) in [5.74, 6) is 0.929. The molecule has 1 aromatic heterocycles. The molecule has 1 saturated heterocycles. The van der Waals surface area contributed by atoms with E-state index in [9.17, 15) is 14.0 Å². The molecule has 1 N–H and O–H groups in total. The predicted molar refractivity (Wildman–Crippen MR) is 96.4 cm³/mol. The number of nitrogens with one attached hydrogen (secondary N) is 1. The fourth-order valence-corrected chi connectivity index (χ4v) is 3.80. The lowest BCUT2D eigenvalue weighted by Crippen LogP contribution is -2.42. The van der Waals surface area contributed by atoms with Gasteiger partial charge < -0.3 is 14.7 Å². The average Bonchev–Trinajstić information content (AvgIpc) is 3.37. The van der Waals surface area contributed by atoms with Gasteiger partial charge in [0.15, 0.2) is 5.82 Å². The number of likely N-dealkylation sites (tertiary alicyclic amines) is 1. The first-order chi connectivity index (χ1) is 13.0. The summed E-state index contributed by atoms with van der Waals surface area (Å²) in [4.78, 5) is 26.9. The normalized spacial score (nSPS) is 22.5. The standard InChI is InChI=1S/C20H22FN3O3/c1-12-10-18(23-27-12)22-19(25)14-6-8-24(9-7-14)20(26)17-11-16(17)13-2-4-15(21)5-3-13/h2-5,10,14,16-17H,6-9,11H2,1H3,(H,22,23,25). The van der Waals surface area contributed by atoms with E-state index in [1.807, 2.05) is 4.90 Å². The Morgan fingerprint density at radius 3 is 2.56 bits per heavy atom. The van der Waals surface area contributed by atoms with Crippen molar-refractivity contribution in [2.45, 2.75) is 32.1 Å². The number of aromatic nitrogens is 1. The first-order valence-corrected chi connectivity index (χ1v) is 9.29. The lowest BCUT2D eigenvalue weighted by atomic mass is 9.95. The predicted octanol–water partition coefficient (Wildman–Crippen LogP) is 3.10. The number of carbonyl (C=O) groups is 2. The summed E-state index contributed by atoms with van der Waals surface area (Å²) < 4.78 is 18.0. The largest absolute Gasteiger partial charge is 0.360 e. The zero-order valence-corrected chi connectivity index (χ0v) is 15.2. The van der Waals surface area contributed by atoms with Crippen molar-refractivity contribution in [3.8, 4) is 0 Å². The monoisotopic (exact) mass is 371 g/mol. The molecule has 1 aromatic carbocycles. The van der Waals surface area contributed by atoms with Gasteiger partial charge in [-0.1, -0.05) is 17.3 Å². The Kier molecular flexibility index (Phi) is 4.68. The third-order valence-corrected chi connectivity index (χ3v) is 5.46. The second kappa shape index (κ2) is 7.13. The number of nitrogens with zero attached hydrogens (tertiary/aromatic N) is 2. The van der Waals surface area contributed by atoms with Crippen LogP contribution in [0.5, 0.6) is 0 Å². The molecule has 4 rings (SSSR count). The maximum absolute atomic E-state index is 13.0. The molecule has 2 fully saturated rings. The lowest BCUT2D eigenvalue weighted by Gasteiger charge is -2.31. The van der Waals surface area contributed by atoms with Gasteiger partial charge in [-0.25, -0.2) is 4.39 Å². The van der Waals surface area contributed by atoms with E-state index in [0.717, 1.165) is 12.0 Å². The molecular weight excluding hydrogens is 349 g/mol. The molecule has 2 atom stereocenters. The Hall–Kier alpha value is -2.70. The van der Waals surface area contributed by atoms with E-state index in [4.69, 9.17) is 4.52 Å². The number of carbonyl (C=O) groups excluding carboxylic acids is 2. The first kappa shape index (κ1) is 17.7. The maximum atomic E-state index is 13.0. The molecule has 1 saturated carbocycles. The Morgan fingerprint density at radius 2 is 1.93 bits per heavy atom. The summed E-state index contributed by atoms with van der Waals surface area (Å²) in [6, 6.07) is 8.08. The molecule has 142 valence electrons. The molecule has 1 aliphatic heterocycles. The van der Waals surface area contributed by atoms with Gasteiger partial charge in [0, 0.05) is 31.0 Å². The van der Waals surface area contributed by atoms with Crippen LogP contribution >= 0.6 is 0 Å². The average molecular weight is 371 g/mol. The maximum Gasteiger partial charge on any atom is 0.228 e. The van der Waals surface area contributed by atoms with Gasteiger partial charge in [0.1, 0.15) is 11.6 Å². The molecule has 6 nitrogen and oxygen atoms in total. The highest BCUT2D eigenvalue weighted by Gasteiger charge is 2.46. The number of anilines is 1. The number of benzene rings is 1. The molecular formula is C20H22FN3O3. The number of aryl methyl sites for hydroxylation is 1. The Bertz CT molecular complexity index is 840. The molecule has 27 heavy (non-hydrogen) atoms. The van der Waals surface area contributed by atoms with Crippen LogP contribution in [0.2, 0.25) is 0 Å². The SMILES string of the molecule is Cc1cc(NC(=O)C2CCN(C(=O)C3CC3c3ccc(F)cc3)CC2)no1. The smallest absolute Gasteiger partial charge is 0.228 e. The van der Waals surface area contributed by atoms with Gasteiger partial charge in [0.25, 0.3) is 0 Å². The number of hydrogen-bond donors (Lipinski definition) is 1. The van der Waals surface area contributed by atoms with Crippen LogP contribution in [-0.2, 0) is 9.59 Å². The highest BCUT2D eigenvalue weighted by Crippen LogP contribution is 2.48. The Morgan fingerprint density at radius 1 is 1.22 bits per heavy atom. The quantitative estimate of drug-likeness (QED) is 0.896. The van der Waals surface area contributed by atoms with Crippen LogP contribution < -0.4 is 5.32 Å². The second-order valence-electron chi connectivity index (χ2n) is 7.41. The summed E-state index contributed by atoms with van der Waals surface area (Å²) >= 11 is 0. The Balaban J connectivity index is 1.27. The molecule has 2 unspecified atom stereocenters. The van der Waals surface area contributed by atoms with Gasteiger partial charge in [0.2, 0.25) is 11.8 Å². The number of hydrogen-bond acceptors (Lipinski definition) is 4. The van der Waals surface area contributed by atoms with E-state index in [-0.39, 0.29) is 35.4 Å². The van der Waals surface area contributed by atoms with Crippen LogP contribution in [-0.4, -0.2) is 35.0 Å². The molecule has 7 heteroatoms.